The van der Waals surface area contributed by atoms with Gasteiger partial charge in [-0.3, -0.25) is 0 Å². The summed E-state index contributed by atoms with van der Waals surface area (Å²) in [6.45, 7) is 0.661. The van der Waals surface area contributed by atoms with Crippen LogP contribution >= 0.6 is 0 Å². The molecule has 3 rings (SSSR count). The molecule has 2 aromatic carbocycles. The molecule has 1 atom stereocenters. The van der Waals surface area contributed by atoms with Crippen LogP contribution in [0, 0.1) is 0 Å². The zero-order chi connectivity index (χ0) is 18.1. The summed E-state index contributed by atoms with van der Waals surface area (Å²) in [5, 5.41) is 3.20. The van der Waals surface area contributed by atoms with Crippen LogP contribution in [0.3, 0.4) is 0 Å². The summed E-state index contributed by atoms with van der Waals surface area (Å²) in [5.74, 6) is 0. The largest absolute Gasteiger partial charge is 0.417 e. The first-order chi connectivity index (χ1) is 11.8. The first-order valence-corrected chi connectivity index (χ1v) is 9.24. The third-order valence-corrected chi connectivity index (χ3v) is 5.66. The molecule has 2 aromatic rings. The number of sulfonamides is 1. The molecule has 0 amide bonds. The molecule has 0 bridgehead atoms. The normalized spacial score (nSPS) is 18.0. The fourth-order valence-electron chi connectivity index (χ4n) is 2.98. The highest BCUT2D eigenvalue weighted by Gasteiger charge is 2.37. The molecule has 0 saturated carbocycles. The standard InChI is InChI=1S/C17H17F3N2O2S/c18-17(19,20)14-7-3-4-8-16(14)25(23,24)22-11-15-13-6-2-1-5-12(13)9-10-21-15/h1-8,15,21-22H,9-11H2. The average molecular weight is 370 g/mol. The summed E-state index contributed by atoms with van der Waals surface area (Å²) in [4.78, 5) is -0.758. The van der Waals surface area contributed by atoms with Gasteiger partial charge in [-0.15, -0.1) is 0 Å². The summed E-state index contributed by atoms with van der Waals surface area (Å²) in [5.41, 5.74) is 0.904. The van der Waals surface area contributed by atoms with Crippen molar-refractivity contribution in [1.29, 1.82) is 0 Å². The molecule has 0 spiro atoms. The van der Waals surface area contributed by atoms with Crippen molar-refractivity contribution < 1.29 is 21.6 Å². The van der Waals surface area contributed by atoms with Gasteiger partial charge in [0.05, 0.1) is 10.5 Å². The Labute approximate surface area is 144 Å². The second kappa shape index (κ2) is 6.78. The first kappa shape index (κ1) is 17.9. The van der Waals surface area contributed by atoms with Crippen LogP contribution < -0.4 is 10.0 Å². The van der Waals surface area contributed by atoms with Crippen LogP contribution in [0.15, 0.2) is 53.4 Å². The molecule has 1 heterocycles. The van der Waals surface area contributed by atoms with Gasteiger partial charge in [0, 0.05) is 12.6 Å². The Balaban J connectivity index is 1.83. The molecular weight excluding hydrogens is 353 g/mol. The molecule has 0 fully saturated rings. The lowest BCUT2D eigenvalue weighted by molar-refractivity contribution is -0.139. The lowest BCUT2D eigenvalue weighted by Crippen LogP contribution is -2.39. The number of hydrogen-bond donors (Lipinski definition) is 2. The molecule has 1 aliphatic rings. The van der Waals surface area contributed by atoms with Crippen molar-refractivity contribution in [3.05, 3.63) is 65.2 Å². The van der Waals surface area contributed by atoms with Crippen LogP contribution in [-0.4, -0.2) is 21.5 Å². The highest BCUT2D eigenvalue weighted by Crippen LogP contribution is 2.34. The third-order valence-electron chi connectivity index (χ3n) is 4.18. The van der Waals surface area contributed by atoms with Gasteiger partial charge in [-0.25, -0.2) is 13.1 Å². The van der Waals surface area contributed by atoms with Gasteiger partial charge < -0.3 is 5.32 Å². The predicted octanol–water partition coefficient (Wildman–Crippen LogP) is 2.87. The second-order valence-corrected chi connectivity index (χ2v) is 7.54. The zero-order valence-electron chi connectivity index (χ0n) is 13.2. The minimum absolute atomic E-state index is 0.0223. The second-order valence-electron chi connectivity index (χ2n) is 5.80. The van der Waals surface area contributed by atoms with E-state index in [1.54, 1.807) is 0 Å². The van der Waals surface area contributed by atoms with Gasteiger partial charge in [-0.05, 0) is 36.2 Å². The Morgan fingerprint density at radius 1 is 1.08 bits per heavy atom. The van der Waals surface area contributed by atoms with Crippen molar-refractivity contribution in [2.24, 2.45) is 0 Å². The van der Waals surface area contributed by atoms with E-state index in [0.717, 1.165) is 29.7 Å². The van der Waals surface area contributed by atoms with Crippen LogP contribution in [0.1, 0.15) is 22.7 Å². The van der Waals surface area contributed by atoms with Crippen LogP contribution in [-0.2, 0) is 22.6 Å². The maximum atomic E-state index is 13.1. The number of benzene rings is 2. The number of fused-ring (bicyclic) bond motifs is 1. The highest BCUT2D eigenvalue weighted by atomic mass is 32.2. The molecule has 8 heteroatoms. The van der Waals surface area contributed by atoms with Crippen LogP contribution in [0.4, 0.5) is 13.2 Å². The Kier molecular flexibility index (Phi) is 4.86. The van der Waals surface area contributed by atoms with Gasteiger partial charge in [-0.1, -0.05) is 36.4 Å². The number of rotatable bonds is 4. The molecule has 0 saturated heterocycles. The molecule has 134 valence electrons. The Morgan fingerprint density at radius 2 is 1.76 bits per heavy atom. The maximum Gasteiger partial charge on any atom is 0.417 e. The molecule has 1 unspecified atom stereocenters. The molecule has 0 aliphatic carbocycles. The summed E-state index contributed by atoms with van der Waals surface area (Å²) in [6, 6.07) is 11.5. The van der Waals surface area contributed by atoms with E-state index >= 15 is 0 Å². The SMILES string of the molecule is O=S(=O)(NCC1NCCc2ccccc21)c1ccccc1C(F)(F)F. The number of hydrogen-bond acceptors (Lipinski definition) is 3. The smallest absolute Gasteiger partial charge is 0.308 e. The van der Waals surface area contributed by atoms with E-state index in [2.05, 4.69) is 10.0 Å². The first-order valence-electron chi connectivity index (χ1n) is 7.76. The Hall–Kier alpha value is -1.90. The highest BCUT2D eigenvalue weighted by molar-refractivity contribution is 7.89. The molecule has 2 N–H and O–H groups in total. The van der Waals surface area contributed by atoms with Crippen molar-refractivity contribution in [2.75, 3.05) is 13.1 Å². The van der Waals surface area contributed by atoms with Gasteiger partial charge >= 0.3 is 6.18 Å². The van der Waals surface area contributed by atoms with Gasteiger partial charge in [0.25, 0.3) is 0 Å². The van der Waals surface area contributed by atoms with E-state index in [0.29, 0.717) is 6.54 Å². The van der Waals surface area contributed by atoms with Crippen molar-refractivity contribution in [1.82, 2.24) is 10.0 Å². The van der Waals surface area contributed by atoms with Crippen molar-refractivity contribution in [3.63, 3.8) is 0 Å². The van der Waals surface area contributed by atoms with Gasteiger partial charge in [0.1, 0.15) is 0 Å². The summed E-state index contributed by atoms with van der Waals surface area (Å²) in [7, 11) is -4.29. The molecule has 4 nitrogen and oxygen atoms in total. The lowest BCUT2D eigenvalue weighted by atomic mass is 9.95. The van der Waals surface area contributed by atoms with Gasteiger partial charge in [0.15, 0.2) is 0 Å². The Bertz CT molecular complexity index is 866. The summed E-state index contributed by atoms with van der Waals surface area (Å²) < 4.78 is 66.3. The van der Waals surface area contributed by atoms with Crippen molar-refractivity contribution in [3.8, 4) is 0 Å². The number of halogens is 3. The molecular formula is C17H17F3N2O2S. The number of alkyl halides is 3. The van der Waals surface area contributed by atoms with E-state index in [-0.39, 0.29) is 12.6 Å². The minimum atomic E-state index is -4.74. The monoisotopic (exact) mass is 370 g/mol. The zero-order valence-corrected chi connectivity index (χ0v) is 14.0. The third kappa shape index (κ3) is 3.86. The number of nitrogens with one attached hydrogen (secondary N) is 2. The average Bonchev–Trinajstić information content (AvgIpc) is 2.59. The minimum Gasteiger partial charge on any atom is -0.308 e. The van der Waals surface area contributed by atoms with E-state index in [9.17, 15) is 21.6 Å². The Morgan fingerprint density at radius 3 is 2.52 bits per heavy atom. The predicted molar refractivity (Wildman–Crippen MR) is 87.5 cm³/mol. The maximum absolute atomic E-state index is 13.1. The van der Waals surface area contributed by atoms with Crippen molar-refractivity contribution in [2.45, 2.75) is 23.5 Å². The van der Waals surface area contributed by atoms with Gasteiger partial charge in [0.2, 0.25) is 10.0 Å². The van der Waals surface area contributed by atoms with E-state index < -0.39 is 26.7 Å². The summed E-state index contributed by atoms with van der Waals surface area (Å²) in [6.07, 6.45) is -3.91. The van der Waals surface area contributed by atoms with E-state index in [4.69, 9.17) is 0 Å². The van der Waals surface area contributed by atoms with Gasteiger partial charge in [-0.2, -0.15) is 13.2 Å². The van der Waals surface area contributed by atoms with E-state index in [1.807, 2.05) is 24.3 Å². The molecule has 1 aliphatic heterocycles. The van der Waals surface area contributed by atoms with Crippen LogP contribution in [0.25, 0.3) is 0 Å². The van der Waals surface area contributed by atoms with Crippen LogP contribution in [0.2, 0.25) is 0 Å². The molecule has 0 radical (unpaired) electrons. The molecule has 0 aromatic heterocycles. The summed E-state index contributed by atoms with van der Waals surface area (Å²) >= 11 is 0. The lowest BCUT2D eigenvalue weighted by Gasteiger charge is -2.27. The quantitative estimate of drug-likeness (QED) is 0.870. The molecule has 25 heavy (non-hydrogen) atoms. The fraction of sp³-hybridized carbons (Fsp3) is 0.294. The fourth-order valence-corrected chi connectivity index (χ4v) is 4.25. The van der Waals surface area contributed by atoms with E-state index in [1.165, 1.54) is 12.1 Å². The van der Waals surface area contributed by atoms with Crippen LogP contribution in [0.5, 0.6) is 0 Å². The van der Waals surface area contributed by atoms with Crippen molar-refractivity contribution >= 4 is 10.0 Å². The topological polar surface area (TPSA) is 58.2 Å².